The van der Waals surface area contributed by atoms with E-state index in [1.165, 1.54) is 11.0 Å². The van der Waals surface area contributed by atoms with Crippen molar-refractivity contribution in [2.24, 2.45) is 0 Å². The van der Waals surface area contributed by atoms with E-state index in [0.29, 0.717) is 16.8 Å². The van der Waals surface area contributed by atoms with Gasteiger partial charge in [0.2, 0.25) is 0 Å². The Labute approximate surface area is 145 Å². The molecule has 9 heteroatoms. The second kappa shape index (κ2) is 7.01. The monoisotopic (exact) mass is 386 g/mol. The third-order valence-corrected chi connectivity index (χ3v) is 3.67. The van der Waals surface area contributed by atoms with Crippen LogP contribution >= 0.6 is 15.9 Å². The molecular formula is C15H11BrN6O2. The lowest BCUT2D eigenvalue weighted by Crippen LogP contribution is -2.42. The number of amides is 2. The van der Waals surface area contributed by atoms with E-state index in [0.717, 1.165) is 4.47 Å². The first kappa shape index (κ1) is 15.8. The standard InChI is InChI=1S/C15H11BrN6O2/c16-11-7-5-10(6-8-11)14(23)18-19-15(24)12-3-1-2-4-13(12)22-9-17-20-21-22/h1-9H,(H,18,23)(H,19,24). The minimum atomic E-state index is -0.480. The van der Waals surface area contributed by atoms with Crippen LogP contribution in [0.1, 0.15) is 20.7 Å². The molecule has 3 rings (SSSR count). The van der Waals surface area contributed by atoms with E-state index >= 15 is 0 Å². The van der Waals surface area contributed by atoms with Gasteiger partial charge in [-0.25, -0.2) is 0 Å². The van der Waals surface area contributed by atoms with Gasteiger partial charge >= 0.3 is 0 Å². The number of hydrogen-bond donors (Lipinski definition) is 2. The summed E-state index contributed by atoms with van der Waals surface area (Å²) in [6.45, 7) is 0. The Hall–Kier alpha value is -3.07. The maximum atomic E-state index is 12.3. The van der Waals surface area contributed by atoms with Gasteiger partial charge in [-0.1, -0.05) is 28.1 Å². The smallest absolute Gasteiger partial charge is 0.267 e. The molecule has 0 saturated heterocycles. The third-order valence-electron chi connectivity index (χ3n) is 3.14. The largest absolute Gasteiger partial charge is 0.271 e. The van der Waals surface area contributed by atoms with Crippen LogP contribution in [-0.2, 0) is 0 Å². The number of rotatable bonds is 3. The van der Waals surface area contributed by atoms with Crippen LogP contribution in [0.3, 0.4) is 0 Å². The molecule has 0 spiro atoms. The Morgan fingerprint density at radius 1 is 0.958 bits per heavy atom. The molecule has 0 bridgehead atoms. The Bertz CT molecular complexity index is 864. The van der Waals surface area contributed by atoms with Gasteiger partial charge in [-0.15, -0.1) is 5.10 Å². The molecule has 0 aliphatic heterocycles. The Kier molecular flexibility index (Phi) is 4.62. The highest BCUT2D eigenvalue weighted by Crippen LogP contribution is 2.12. The van der Waals surface area contributed by atoms with Crippen LogP contribution in [0.25, 0.3) is 5.69 Å². The van der Waals surface area contributed by atoms with E-state index < -0.39 is 11.8 Å². The van der Waals surface area contributed by atoms with E-state index in [-0.39, 0.29) is 0 Å². The van der Waals surface area contributed by atoms with E-state index in [1.54, 1.807) is 48.5 Å². The number of halogens is 1. The lowest BCUT2D eigenvalue weighted by molar-refractivity contribution is 0.0846. The van der Waals surface area contributed by atoms with Gasteiger partial charge in [-0.3, -0.25) is 20.4 Å². The van der Waals surface area contributed by atoms with E-state index in [2.05, 4.69) is 42.3 Å². The fraction of sp³-hybridized carbons (Fsp3) is 0. The molecule has 1 aromatic heterocycles. The van der Waals surface area contributed by atoms with Gasteiger partial charge in [0.25, 0.3) is 11.8 Å². The first-order chi connectivity index (χ1) is 11.6. The number of tetrazole rings is 1. The number of para-hydroxylation sites is 1. The Morgan fingerprint density at radius 2 is 1.67 bits per heavy atom. The SMILES string of the molecule is O=C(NNC(=O)c1ccccc1-n1cnnn1)c1ccc(Br)cc1. The average molecular weight is 387 g/mol. The average Bonchev–Trinajstić information content (AvgIpc) is 3.14. The number of carbonyl (C=O) groups is 2. The van der Waals surface area contributed by atoms with Gasteiger partial charge in [0.05, 0.1) is 11.3 Å². The molecule has 0 aliphatic carbocycles. The molecule has 0 radical (unpaired) electrons. The number of hydrogen-bond acceptors (Lipinski definition) is 5. The Balaban J connectivity index is 1.72. The number of benzene rings is 2. The topological polar surface area (TPSA) is 102 Å². The molecule has 2 N–H and O–H groups in total. The Morgan fingerprint density at radius 3 is 2.38 bits per heavy atom. The van der Waals surface area contributed by atoms with Crippen LogP contribution in [0.15, 0.2) is 59.3 Å². The minimum Gasteiger partial charge on any atom is -0.267 e. The van der Waals surface area contributed by atoms with Crippen LogP contribution in [0, 0.1) is 0 Å². The fourth-order valence-corrected chi connectivity index (χ4v) is 2.26. The van der Waals surface area contributed by atoms with Crippen molar-refractivity contribution in [3.05, 3.63) is 70.5 Å². The second-order valence-electron chi connectivity index (χ2n) is 4.69. The molecule has 3 aromatic rings. The van der Waals surface area contributed by atoms with Gasteiger partial charge < -0.3 is 0 Å². The van der Waals surface area contributed by atoms with Crippen LogP contribution < -0.4 is 10.9 Å². The van der Waals surface area contributed by atoms with Gasteiger partial charge in [0, 0.05) is 10.0 Å². The van der Waals surface area contributed by atoms with Crippen LogP contribution in [-0.4, -0.2) is 32.0 Å². The van der Waals surface area contributed by atoms with E-state index in [9.17, 15) is 9.59 Å². The number of nitrogens with one attached hydrogen (secondary N) is 2. The summed E-state index contributed by atoms with van der Waals surface area (Å²) < 4.78 is 2.23. The van der Waals surface area contributed by atoms with Gasteiger partial charge in [-0.05, 0) is 46.8 Å². The molecule has 0 fully saturated rings. The van der Waals surface area contributed by atoms with Crippen LogP contribution in [0.5, 0.6) is 0 Å². The summed E-state index contributed by atoms with van der Waals surface area (Å²) >= 11 is 3.29. The third kappa shape index (κ3) is 3.46. The quantitative estimate of drug-likeness (QED) is 0.664. The highest BCUT2D eigenvalue weighted by atomic mass is 79.9. The summed E-state index contributed by atoms with van der Waals surface area (Å²) in [5.74, 6) is -0.901. The number of hydrazine groups is 1. The molecule has 0 saturated carbocycles. The fourth-order valence-electron chi connectivity index (χ4n) is 1.99. The number of nitrogens with zero attached hydrogens (tertiary/aromatic N) is 4. The normalized spacial score (nSPS) is 10.2. The summed E-state index contributed by atoms with van der Waals surface area (Å²) in [5, 5.41) is 10.9. The van der Waals surface area contributed by atoms with Crippen molar-refractivity contribution in [3.63, 3.8) is 0 Å². The molecule has 120 valence electrons. The first-order valence-corrected chi connectivity index (χ1v) is 7.63. The van der Waals surface area contributed by atoms with Crippen molar-refractivity contribution in [2.75, 3.05) is 0 Å². The highest BCUT2D eigenvalue weighted by molar-refractivity contribution is 9.10. The van der Waals surface area contributed by atoms with Crippen molar-refractivity contribution in [1.29, 1.82) is 0 Å². The molecule has 0 unspecified atom stereocenters. The van der Waals surface area contributed by atoms with Crippen LogP contribution in [0.4, 0.5) is 0 Å². The number of aromatic nitrogens is 4. The van der Waals surface area contributed by atoms with Crippen molar-refractivity contribution >= 4 is 27.7 Å². The molecule has 2 aromatic carbocycles. The second-order valence-corrected chi connectivity index (χ2v) is 5.60. The predicted molar refractivity (Wildman–Crippen MR) is 88.2 cm³/mol. The van der Waals surface area contributed by atoms with Crippen molar-refractivity contribution in [3.8, 4) is 5.69 Å². The lowest BCUT2D eigenvalue weighted by atomic mass is 10.1. The first-order valence-electron chi connectivity index (χ1n) is 6.84. The molecule has 8 nitrogen and oxygen atoms in total. The zero-order chi connectivity index (χ0) is 16.9. The molecular weight excluding hydrogens is 376 g/mol. The summed E-state index contributed by atoms with van der Waals surface area (Å²) in [6, 6.07) is 13.5. The molecule has 1 heterocycles. The van der Waals surface area contributed by atoms with Crippen molar-refractivity contribution in [1.82, 2.24) is 31.1 Å². The molecule has 2 amide bonds. The molecule has 0 atom stereocenters. The summed E-state index contributed by atoms with van der Waals surface area (Å²) in [4.78, 5) is 24.4. The highest BCUT2D eigenvalue weighted by Gasteiger charge is 2.14. The van der Waals surface area contributed by atoms with E-state index in [4.69, 9.17) is 0 Å². The van der Waals surface area contributed by atoms with Gasteiger partial charge in [-0.2, -0.15) is 4.68 Å². The summed E-state index contributed by atoms with van der Waals surface area (Å²) in [6.07, 6.45) is 1.38. The zero-order valence-corrected chi connectivity index (χ0v) is 13.8. The van der Waals surface area contributed by atoms with Crippen molar-refractivity contribution in [2.45, 2.75) is 0 Å². The maximum absolute atomic E-state index is 12.3. The summed E-state index contributed by atoms with van der Waals surface area (Å²) in [7, 11) is 0. The molecule has 0 aliphatic rings. The van der Waals surface area contributed by atoms with Gasteiger partial charge in [0.15, 0.2) is 0 Å². The molecule has 24 heavy (non-hydrogen) atoms. The summed E-state index contributed by atoms with van der Waals surface area (Å²) in [5.41, 5.74) is 6.00. The minimum absolute atomic E-state index is 0.320. The van der Waals surface area contributed by atoms with Gasteiger partial charge in [0.1, 0.15) is 6.33 Å². The predicted octanol–water partition coefficient (Wildman–Crippen LogP) is 1.50. The van der Waals surface area contributed by atoms with E-state index in [1.807, 2.05) is 0 Å². The van der Waals surface area contributed by atoms with Crippen molar-refractivity contribution < 1.29 is 9.59 Å². The number of carbonyl (C=O) groups excluding carboxylic acids is 2. The zero-order valence-electron chi connectivity index (χ0n) is 12.2. The lowest BCUT2D eigenvalue weighted by Gasteiger charge is -2.10. The van der Waals surface area contributed by atoms with Crippen LogP contribution in [0.2, 0.25) is 0 Å². The maximum Gasteiger partial charge on any atom is 0.271 e.